The third-order valence-electron chi connectivity index (χ3n) is 5.58. The standard InChI is InChI=1S/C20H28N2O3/c1-14(13-23)12-21-19(24)18-11-16-9-5-6-10-17(16)22(18)20(25)15-7-3-2-4-8-15/h2-4,7-8,14,16-18,23H,5-6,9-13H2,1H3,(H,21,24). The van der Waals surface area contributed by atoms with Crippen LogP contribution in [0.15, 0.2) is 30.3 Å². The average molecular weight is 344 g/mol. The number of rotatable bonds is 5. The van der Waals surface area contributed by atoms with Crippen molar-refractivity contribution in [3.8, 4) is 0 Å². The number of fused-ring (bicyclic) bond motifs is 1. The van der Waals surface area contributed by atoms with E-state index in [0.29, 0.717) is 18.0 Å². The van der Waals surface area contributed by atoms with Gasteiger partial charge in [0.25, 0.3) is 5.91 Å². The third kappa shape index (κ3) is 3.87. The molecule has 1 saturated heterocycles. The first-order valence-corrected chi connectivity index (χ1v) is 9.38. The van der Waals surface area contributed by atoms with Gasteiger partial charge < -0.3 is 15.3 Å². The van der Waals surface area contributed by atoms with Crippen molar-refractivity contribution in [1.82, 2.24) is 10.2 Å². The summed E-state index contributed by atoms with van der Waals surface area (Å²) in [6.07, 6.45) is 5.14. The van der Waals surface area contributed by atoms with Gasteiger partial charge in [0.05, 0.1) is 0 Å². The van der Waals surface area contributed by atoms with Crippen LogP contribution in [0.25, 0.3) is 0 Å². The van der Waals surface area contributed by atoms with Crippen molar-refractivity contribution in [3.05, 3.63) is 35.9 Å². The van der Waals surface area contributed by atoms with Gasteiger partial charge in [-0.25, -0.2) is 0 Å². The van der Waals surface area contributed by atoms with Gasteiger partial charge in [-0.3, -0.25) is 9.59 Å². The lowest BCUT2D eigenvalue weighted by atomic mass is 9.84. The highest BCUT2D eigenvalue weighted by molar-refractivity contribution is 5.98. The number of amides is 2. The molecule has 1 heterocycles. The fourth-order valence-corrected chi connectivity index (χ4v) is 4.17. The van der Waals surface area contributed by atoms with Crippen molar-refractivity contribution in [2.45, 2.75) is 51.1 Å². The van der Waals surface area contributed by atoms with E-state index in [0.717, 1.165) is 25.7 Å². The number of nitrogens with one attached hydrogen (secondary N) is 1. The van der Waals surface area contributed by atoms with Crippen molar-refractivity contribution in [3.63, 3.8) is 0 Å². The molecule has 136 valence electrons. The summed E-state index contributed by atoms with van der Waals surface area (Å²) in [5.41, 5.74) is 0.648. The summed E-state index contributed by atoms with van der Waals surface area (Å²) in [6, 6.07) is 9.03. The molecule has 4 atom stereocenters. The first-order valence-electron chi connectivity index (χ1n) is 9.38. The number of likely N-dealkylation sites (tertiary alicyclic amines) is 1. The Bertz CT molecular complexity index is 604. The number of carbonyl (C=O) groups excluding carboxylic acids is 2. The first-order chi connectivity index (χ1) is 12.1. The van der Waals surface area contributed by atoms with E-state index in [1.165, 1.54) is 6.42 Å². The zero-order valence-corrected chi connectivity index (χ0v) is 14.9. The average Bonchev–Trinajstić information content (AvgIpc) is 3.05. The molecule has 2 aliphatic rings. The van der Waals surface area contributed by atoms with Crippen LogP contribution in [0.4, 0.5) is 0 Å². The molecule has 1 aliphatic heterocycles. The van der Waals surface area contributed by atoms with Crippen LogP contribution in [-0.4, -0.2) is 47.1 Å². The highest BCUT2D eigenvalue weighted by Gasteiger charge is 2.47. The van der Waals surface area contributed by atoms with Gasteiger partial charge in [-0.1, -0.05) is 38.0 Å². The number of hydrogen-bond donors (Lipinski definition) is 2. The van der Waals surface area contributed by atoms with E-state index >= 15 is 0 Å². The summed E-state index contributed by atoms with van der Waals surface area (Å²) in [5.74, 6) is 0.322. The second-order valence-corrected chi connectivity index (χ2v) is 7.47. The molecule has 0 spiro atoms. The van der Waals surface area contributed by atoms with Crippen LogP contribution in [0, 0.1) is 11.8 Å². The lowest BCUT2D eigenvalue weighted by Crippen LogP contribution is -2.50. The number of carbonyl (C=O) groups is 2. The second-order valence-electron chi connectivity index (χ2n) is 7.47. The van der Waals surface area contributed by atoms with Crippen LogP contribution < -0.4 is 5.32 Å². The number of hydrogen-bond acceptors (Lipinski definition) is 3. The molecule has 0 bridgehead atoms. The molecule has 1 aromatic rings. The van der Waals surface area contributed by atoms with Crippen LogP contribution in [0.5, 0.6) is 0 Å². The number of aliphatic hydroxyl groups is 1. The summed E-state index contributed by atoms with van der Waals surface area (Å²) < 4.78 is 0. The molecule has 2 fully saturated rings. The zero-order chi connectivity index (χ0) is 17.8. The van der Waals surface area contributed by atoms with Crippen molar-refractivity contribution in [2.75, 3.05) is 13.2 Å². The Morgan fingerprint density at radius 2 is 1.96 bits per heavy atom. The molecule has 5 nitrogen and oxygen atoms in total. The third-order valence-corrected chi connectivity index (χ3v) is 5.58. The first kappa shape index (κ1) is 17.9. The van der Waals surface area contributed by atoms with E-state index in [4.69, 9.17) is 5.11 Å². The van der Waals surface area contributed by atoms with E-state index in [1.807, 2.05) is 42.2 Å². The summed E-state index contributed by atoms with van der Waals surface area (Å²) in [6.45, 7) is 2.37. The Hall–Kier alpha value is -1.88. The largest absolute Gasteiger partial charge is 0.396 e. The van der Waals surface area contributed by atoms with Gasteiger partial charge in [-0.05, 0) is 43.2 Å². The van der Waals surface area contributed by atoms with Gasteiger partial charge in [-0.2, -0.15) is 0 Å². The predicted octanol–water partition coefficient (Wildman–Crippen LogP) is 2.20. The van der Waals surface area contributed by atoms with Crippen molar-refractivity contribution >= 4 is 11.8 Å². The summed E-state index contributed by atoms with van der Waals surface area (Å²) in [4.78, 5) is 27.7. The molecule has 2 amide bonds. The molecule has 5 heteroatoms. The Morgan fingerprint density at radius 3 is 2.68 bits per heavy atom. The Morgan fingerprint density at radius 1 is 1.24 bits per heavy atom. The minimum absolute atomic E-state index is 0.0194. The van der Waals surface area contributed by atoms with Crippen molar-refractivity contribution < 1.29 is 14.7 Å². The fourth-order valence-electron chi connectivity index (χ4n) is 4.17. The number of nitrogens with zero attached hydrogens (tertiary/aromatic N) is 1. The predicted molar refractivity (Wildman–Crippen MR) is 96.0 cm³/mol. The molecule has 0 radical (unpaired) electrons. The van der Waals surface area contributed by atoms with Crippen LogP contribution >= 0.6 is 0 Å². The molecule has 4 unspecified atom stereocenters. The van der Waals surface area contributed by atoms with Gasteiger partial charge in [0.15, 0.2) is 0 Å². The van der Waals surface area contributed by atoms with Crippen LogP contribution in [0.3, 0.4) is 0 Å². The van der Waals surface area contributed by atoms with E-state index in [1.54, 1.807) is 0 Å². The molecular weight excluding hydrogens is 316 g/mol. The molecule has 2 N–H and O–H groups in total. The molecule has 25 heavy (non-hydrogen) atoms. The molecule has 3 rings (SSSR count). The van der Waals surface area contributed by atoms with Gasteiger partial charge in [-0.15, -0.1) is 0 Å². The fraction of sp³-hybridized carbons (Fsp3) is 0.600. The van der Waals surface area contributed by atoms with E-state index in [9.17, 15) is 9.59 Å². The summed E-state index contributed by atoms with van der Waals surface area (Å²) >= 11 is 0. The Balaban J connectivity index is 1.79. The number of benzene rings is 1. The van der Waals surface area contributed by atoms with Gasteiger partial charge in [0.1, 0.15) is 6.04 Å². The monoisotopic (exact) mass is 344 g/mol. The summed E-state index contributed by atoms with van der Waals surface area (Å²) in [7, 11) is 0. The lowest BCUT2D eigenvalue weighted by Gasteiger charge is -2.33. The van der Waals surface area contributed by atoms with E-state index in [2.05, 4.69) is 5.32 Å². The van der Waals surface area contributed by atoms with Gasteiger partial charge >= 0.3 is 0 Å². The maximum atomic E-state index is 13.1. The molecule has 1 aliphatic carbocycles. The van der Waals surface area contributed by atoms with E-state index < -0.39 is 6.04 Å². The quantitative estimate of drug-likeness (QED) is 0.860. The van der Waals surface area contributed by atoms with Gasteiger partial charge in [0, 0.05) is 24.8 Å². The number of aliphatic hydroxyl groups excluding tert-OH is 1. The van der Waals surface area contributed by atoms with Gasteiger partial charge in [0.2, 0.25) is 5.91 Å². The zero-order valence-electron chi connectivity index (χ0n) is 14.9. The SMILES string of the molecule is CC(CO)CNC(=O)C1CC2CCCCC2N1C(=O)c1ccccc1. The Labute approximate surface area is 149 Å². The van der Waals surface area contributed by atoms with Crippen molar-refractivity contribution in [2.24, 2.45) is 11.8 Å². The molecular formula is C20H28N2O3. The topological polar surface area (TPSA) is 69.6 Å². The minimum atomic E-state index is -0.397. The maximum absolute atomic E-state index is 13.1. The Kier molecular flexibility index (Phi) is 5.74. The highest BCUT2D eigenvalue weighted by atomic mass is 16.3. The second kappa shape index (κ2) is 8.00. The van der Waals surface area contributed by atoms with Crippen LogP contribution in [0.1, 0.15) is 49.4 Å². The van der Waals surface area contributed by atoms with Crippen LogP contribution in [0.2, 0.25) is 0 Å². The normalized spacial score (nSPS) is 26.8. The summed E-state index contributed by atoms with van der Waals surface area (Å²) in [5, 5.41) is 12.1. The van der Waals surface area contributed by atoms with E-state index in [-0.39, 0.29) is 30.4 Å². The smallest absolute Gasteiger partial charge is 0.254 e. The maximum Gasteiger partial charge on any atom is 0.254 e. The lowest BCUT2D eigenvalue weighted by molar-refractivity contribution is -0.125. The minimum Gasteiger partial charge on any atom is -0.396 e. The highest BCUT2D eigenvalue weighted by Crippen LogP contribution is 2.40. The molecule has 1 aromatic carbocycles. The molecule has 1 saturated carbocycles. The van der Waals surface area contributed by atoms with Crippen LogP contribution in [-0.2, 0) is 4.79 Å². The molecule has 0 aromatic heterocycles. The van der Waals surface area contributed by atoms with Crippen molar-refractivity contribution in [1.29, 1.82) is 0 Å².